The zero-order valence-corrected chi connectivity index (χ0v) is 16.4. The van der Waals surface area contributed by atoms with Crippen molar-refractivity contribution in [3.8, 4) is 17.1 Å². The number of nitrogens with one attached hydrogen (secondary N) is 1. The predicted octanol–water partition coefficient (Wildman–Crippen LogP) is 3.62. The molecule has 1 aliphatic rings. The molecule has 1 amide bonds. The number of hydrogen-bond acceptors (Lipinski definition) is 5. The molecule has 2 N–H and O–H groups in total. The molecule has 0 spiro atoms. The topological polar surface area (TPSA) is 80.0 Å². The Morgan fingerprint density at radius 2 is 2.15 bits per heavy atom. The minimum Gasteiger partial charge on any atom is -0.507 e. The van der Waals surface area contributed by atoms with E-state index < -0.39 is 0 Å². The standard InChI is InChI=1S/C20H26N4O2S/c1-3-12-24-19(15-9-5-7-11-17(15)25)22-23-20(24)27-13-18(26)21-16-10-6-4-8-14(16)2/h3,5,7,9,11,14,16,25H,1,4,6,8,10,12-13H2,2H3,(H,21,26)/t14-,16-/m1/s1. The molecule has 1 fully saturated rings. The maximum Gasteiger partial charge on any atom is 0.230 e. The number of aromatic hydroxyl groups is 1. The molecule has 1 aliphatic carbocycles. The van der Waals surface area contributed by atoms with Crippen LogP contribution in [0.5, 0.6) is 5.75 Å². The van der Waals surface area contributed by atoms with Crippen LogP contribution in [0.25, 0.3) is 11.4 Å². The molecule has 1 heterocycles. The minimum absolute atomic E-state index is 0.0241. The molecule has 0 radical (unpaired) electrons. The lowest BCUT2D eigenvalue weighted by Crippen LogP contribution is -2.41. The number of para-hydroxylation sites is 1. The Morgan fingerprint density at radius 3 is 2.89 bits per heavy atom. The second-order valence-electron chi connectivity index (χ2n) is 6.95. The van der Waals surface area contributed by atoms with Crippen LogP contribution < -0.4 is 5.32 Å². The van der Waals surface area contributed by atoms with Gasteiger partial charge in [-0.1, -0.05) is 49.7 Å². The third kappa shape index (κ3) is 4.71. The minimum atomic E-state index is 0.0241. The predicted molar refractivity (Wildman–Crippen MR) is 108 cm³/mol. The van der Waals surface area contributed by atoms with E-state index in [1.54, 1.807) is 24.3 Å². The van der Waals surface area contributed by atoms with Crippen molar-refractivity contribution in [3.05, 3.63) is 36.9 Å². The van der Waals surface area contributed by atoms with Crippen LogP contribution in [-0.4, -0.2) is 37.6 Å². The Hall–Kier alpha value is -2.28. The Morgan fingerprint density at radius 1 is 1.37 bits per heavy atom. The third-order valence-corrected chi connectivity index (χ3v) is 5.93. The summed E-state index contributed by atoms with van der Waals surface area (Å²) in [4.78, 5) is 12.4. The van der Waals surface area contributed by atoms with Gasteiger partial charge in [-0.25, -0.2) is 0 Å². The van der Waals surface area contributed by atoms with Crippen LogP contribution >= 0.6 is 11.8 Å². The Balaban J connectivity index is 1.69. The van der Waals surface area contributed by atoms with Gasteiger partial charge in [-0.3, -0.25) is 9.36 Å². The zero-order chi connectivity index (χ0) is 19.2. The van der Waals surface area contributed by atoms with Gasteiger partial charge in [-0.2, -0.15) is 0 Å². The van der Waals surface area contributed by atoms with Crippen molar-refractivity contribution in [1.82, 2.24) is 20.1 Å². The maximum atomic E-state index is 12.4. The number of thioether (sulfide) groups is 1. The second kappa shape index (κ2) is 9.08. The zero-order valence-electron chi connectivity index (χ0n) is 15.6. The van der Waals surface area contributed by atoms with E-state index in [2.05, 4.69) is 29.0 Å². The van der Waals surface area contributed by atoms with Crippen LogP contribution in [0.2, 0.25) is 0 Å². The van der Waals surface area contributed by atoms with E-state index >= 15 is 0 Å². The Labute approximate surface area is 164 Å². The first-order valence-electron chi connectivity index (χ1n) is 9.34. The molecule has 2 aromatic rings. The van der Waals surface area contributed by atoms with Crippen molar-refractivity contribution in [2.45, 2.75) is 50.4 Å². The van der Waals surface area contributed by atoms with Gasteiger partial charge in [0.25, 0.3) is 0 Å². The van der Waals surface area contributed by atoms with Crippen LogP contribution in [0.3, 0.4) is 0 Å². The van der Waals surface area contributed by atoms with Crippen LogP contribution in [0, 0.1) is 5.92 Å². The molecule has 0 aliphatic heterocycles. The molecule has 6 nitrogen and oxygen atoms in total. The lowest BCUT2D eigenvalue weighted by atomic mass is 9.86. The summed E-state index contributed by atoms with van der Waals surface area (Å²) in [7, 11) is 0. The number of nitrogens with zero attached hydrogens (tertiary/aromatic N) is 3. The van der Waals surface area contributed by atoms with Crippen LogP contribution in [0.15, 0.2) is 42.1 Å². The van der Waals surface area contributed by atoms with E-state index in [4.69, 9.17) is 0 Å². The number of phenolic OH excluding ortho intramolecular Hbond substituents is 1. The fourth-order valence-corrected chi connectivity index (χ4v) is 4.22. The van der Waals surface area contributed by atoms with E-state index in [0.717, 1.165) is 6.42 Å². The molecule has 0 bridgehead atoms. The Bertz CT molecular complexity index is 805. The van der Waals surface area contributed by atoms with Crippen molar-refractivity contribution < 1.29 is 9.90 Å². The SMILES string of the molecule is C=CCn1c(SCC(=O)N[C@@H]2CCCC[C@H]2C)nnc1-c1ccccc1O. The van der Waals surface area contributed by atoms with Gasteiger partial charge in [0.1, 0.15) is 5.75 Å². The summed E-state index contributed by atoms with van der Waals surface area (Å²) in [5.74, 6) is 1.56. The molecule has 2 atom stereocenters. The lowest BCUT2D eigenvalue weighted by Gasteiger charge is -2.29. The summed E-state index contributed by atoms with van der Waals surface area (Å²) in [5.41, 5.74) is 0.610. The fraction of sp³-hybridized carbons (Fsp3) is 0.450. The number of benzene rings is 1. The van der Waals surface area contributed by atoms with Crippen molar-refractivity contribution in [1.29, 1.82) is 0 Å². The highest BCUT2D eigenvalue weighted by molar-refractivity contribution is 7.99. The lowest BCUT2D eigenvalue weighted by molar-refractivity contribution is -0.119. The first-order chi connectivity index (χ1) is 13.1. The fourth-order valence-electron chi connectivity index (χ4n) is 3.46. The van der Waals surface area contributed by atoms with Gasteiger partial charge in [-0.05, 0) is 30.9 Å². The molecule has 0 saturated heterocycles. The largest absolute Gasteiger partial charge is 0.507 e. The van der Waals surface area contributed by atoms with Crippen molar-refractivity contribution in [2.75, 3.05) is 5.75 Å². The number of phenols is 1. The van der Waals surface area contributed by atoms with E-state index in [1.807, 2.05) is 10.6 Å². The first-order valence-corrected chi connectivity index (χ1v) is 10.3. The summed E-state index contributed by atoms with van der Waals surface area (Å²) >= 11 is 1.35. The molecule has 144 valence electrons. The molecule has 3 rings (SSSR count). The normalized spacial score (nSPS) is 19.6. The summed E-state index contributed by atoms with van der Waals surface area (Å²) < 4.78 is 1.86. The summed E-state index contributed by atoms with van der Waals surface area (Å²) in [6.07, 6.45) is 6.42. The Kier molecular flexibility index (Phi) is 6.55. The number of aromatic nitrogens is 3. The van der Waals surface area contributed by atoms with Gasteiger partial charge in [0, 0.05) is 12.6 Å². The molecular formula is C20H26N4O2S. The molecule has 1 aromatic carbocycles. The number of allylic oxidation sites excluding steroid dienone is 1. The van der Waals surface area contributed by atoms with E-state index in [-0.39, 0.29) is 17.7 Å². The molecular weight excluding hydrogens is 360 g/mol. The second-order valence-corrected chi connectivity index (χ2v) is 7.89. The first kappa shape index (κ1) is 19.5. The van der Waals surface area contributed by atoms with Crippen LogP contribution in [0.1, 0.15) is 32.6 Å². The summed E-state index contributed by atoms with van der Waals surface area (Å²) in [6, 6.07) is 7.29. The van der Waals surface area contributed by atoms with Gasteiger partial charge < -0.3 is 10.4 Å². The van der Waals surface area contributed by atoms with Crippen molar-refractivity contribution >= 4 is 17.7 Å². The highest BCUT2D eigenvalue weighted by atomic mass is 32.2. The maximum absolute atomic E-state index is 12.4. The van der Waals surface area contributed by atoms with E-state index in [9.17, 15) is 9.90 Å². The van der Waals surface area contributed by atoms with Gasteiger partial charge in [0.2, 0.25) is 5.91 Å². The smallest absolute Gasteiger partial charge is 0.230 e. The van der Waals surface area contributed by atoms with Crippen molar-refractivity contribution in [2.24, 2.45) is 5.92 Å². The summed E-state index contributed by atoms with van der Waals surface area (Å²) in [6.45, 7) is 6.49. The highest BCUT2D eigenvalue weighted by Crippen LogP contribution is 2.30. The van der Waals surface area contributed by atoms with Gasteiger partial charge >= 0.3 is 0 Å². The quantitative estimate of drug-likeness (QED) is 0.561. The van der Waals surface area contributed by atoms with Crippen LogP contribution in [0.4, 0.5) is 0 Å². The molecule has 1 saturated carbocycles. The molecule has 7 heteroatoms. The number of amides is 1. The molecule has 0 unspecified atom stereocenters. The molecule has 27 heavy (non-hydrogen) atoms. The van der Waals surface area contributed by atoms with Gasteiger partial charge in [-0.15, -0.1) is 16.8 Å². The van der Waals surface area contributed by atoms with E-state index in [0.29, 0.717) is 34.8 Å². The highest BCUT2D eigenvalue weighted by Gasteiger charge is 2.23. The number of carbonyl (C=O) groups excluding carboxylic acids is 1. The number of rotatable bonds is 7. The van der Waals surface area contributed by atoms with E-state index in [1.165, 1.54) is 31.0 Å². The number of carbonyl (C=O) groups is 1. The van der Waals surface area contributed by atoms with Gasteiger partial charge in [0.15, 0.2) is 11.0 Å². The monoisotopic (exact) mass is 386 g/mol. The average molecular weight is 387 g/mol. The third-order valence-electron chi connectivity index (χ3n) is 4.96. The molecule has 1 aromatic heterocycles. The average Bonchev–Trinajstić information content (AvgIpc) is 3.05. The number of hydrogen-bond donors (Lipinski definition) is 2. The van der Waals surface area contributed by atoms with Crippen molar-refractivity contribution in [3.63, 3.8) is 0 Å². The van der Waals surface area contributed by atoms with Crippen LogP contribution in [-0.2, 0) is 11.3 Å². The summed E-state index contributed by atoms with van der Waals surface area (Å²) in [5, 5.41) is 22.4. The van der Waals surface area contributed by atoms with Gasteiger partial charge in [0.05, 0.1) is 11.3 Å².